The maximum atomic E-state index is 5.98. The van der Waals surface area contributed by atoms with Gasteiger partial charge in [-0.05, 0) is 38.5 Å². The Morgan fingerprint density at radius 2 is 2.18 bits per heavy atom. The Morgan fingerprint density at radius 1 is 1.41 bits per heavy atom. The number of nitrogens with one attached hydrogen (secondary N) is 1. The van der Waals surface area contributed by atoms with Crippen molar-refractivity contribution in [3.63, 3.8) is 0 Å². The van der Waals surface area contributed by atoms with Crippen molar-refractivity contribution < 1.29 is 9.47 Å². The van der Waals surface area contributed by atoms with Crippen molar-refractivity contribution >= 4 is 17.3 Å². The van der Waals surface area contributed by atoms with Crippen LogP contribution in [0.25, 0.3) is 0 Å². The first kappa shape index (κ1) is 14.1. The zero-order chi connectivity index (χ0) is 12.7. The summed E-state index contributed by atoms with van der Waals surface area (Å²) in [5.74, 6) is 0.834. The van der Waals surface area contributed by atoms with Crippen LogP contribution in [0.3, 0.4) is 0 Å². The molecule has 0 aromatic heterocycles. The standard InChI is InChI=1S/C13H20ClNO2/c1-4-17-13-6-5-11(14)9-12(13)15-10(2)7-8-16-3/h5-6,9-10,15H,4,7-8H2,1-3H3. The molecule has 1 aromatic carbocycles. The molecule has 0 saturated carbocycles. The van der Waals surface area contributed by atoms with Gasteiger partial charge in [-0.25, -0.2) is 0 Å². The van der Waals surface area contributed by atoms with Crippen molar-refractivity contribution in [2.75, 3.05) is 25.6 Å². The lowest BCUT2D eigenvalue weighted by molar-refractivity contribution is 0.191. The summed E-state index contributed by atoms with van der Waals surface area (Å²) in [6.07, 6.45) is 0.939. The molecule has 17 heavy (non-hydrogen) atoms. The molecule has 4 heteroatoms. The molecule has 1 atom stereocenters. The molecule has 1 unspecified atom stereocenters. The van der Waals surface area contributed by atoms with Gasteiger partial charge in [0.05, 0.1) is 12.3 Å². The summed E-state index contributed by atoms with van der Waals surface area (Å²) in [4.78, 5) is 0. The second kappa shape index (κ2) is 7.41. The van der Waals surface area contributed by atoms with Crippen LogP contribution in [-0.2, 0) is 4.74 Å². The number of halogens is 1. The molecule has 0 amide bonds. The van der Waals surface area contributed by atoms with Gasteiger partial charge in [0.15, 0.2) is 0 Å². The van der Waals surface area contributed by atoms with E-state index in [1.807, 2.05) is 25.1 Å². The van der Waals surface area contributed by atoms with E-state index in [4.69, 9.17) is 21.1 Å². The number of hydrogen-bond acceptors (Lipinski definition) is 3. The third kappa shape index (κ3) is 4.84. The van der Waals surface area contributed by atoms with Gasteiger partial charge in [0.25, 0.3) is 0 Å². The predicted molar refractivity (Wildman–Crippen MR) is 72.2 cm³/mol. The van der Waals surface area contributed by atoms with Gasteiger partial charge < -0.3 is 14.8 Å². The molecule has 0 radical (unpaired) electrons. The molecule has 0 aliphatic heterocycles. The van der Waals surface area contributed by atoms with Crippen molar-refractivity contribution in [3.8, 4) is 5.75 Å². The average molecular weight is 258 g/mol. The van der Waals surface area contributed by atoms with E-state index in [1.165, 1.54) is 0 Å². The number of rotatable bonds is 7. The van der Waals surface area contributed by atoms with Gasteiger partial charge >= 0.3 is 0 Å². The van der Waals surface area contributed by atoms with Crippen molar-refractivity contribution in [2.24, 2.45) is 0 Å². The third-order valence-electron chi connectivity index (χ3n) is 2.40. The average Bonchev–Trinajstić information content (AvgIpc) is 2.30. The van der Waals surface area contributed by atoms with E-state index >= 15 is 0 Å². The first-order valence-electron chi connectivity index (χ1n) is 5.85. The molecule has 0 aliphatic rings. The molecule has 0 bridgehead atoms. The van der Waals surface area contributed by atoms with Crippen LogP contribution in [0.2, 0.25) is 5.02 Å². The molecule has 1 N–H and O–H groups in total. The highest BCUT2D eigenvalue weighted by atomic mass is 35.5. The van der Waals surface area contributed by atoms with Gasteiger partial charge in [-0.3, -0.25) is 0 Å². The van der Waals surface area contributed by atoms with Crippen LogP contribution >= 0.6 is 11.6 Å². The molecule has 0 fully saturated rings. The van der Waals surface area contributed by atoms with E-state index in [-0.39, 0.29) is 0 Å². The minimum Gasteiger partial charge on any atom is -0.492 e. The van der Waals surface area contributed by atoms with E-state index in [0.717, 1.165) is 24.5 Å². The van der Waals surface area contributed by atoms with E-state index in [2.05, 4.69) is 12.2 Å². The first-order chi connectivity index (χ1) is 8.17. The van der Waals surface area contributed by atoms with Crippen LogP contribution in [0.15, 0.2) is 18.2 Å². The van der Waals surface area contributed by atoms with Gasteiger partial charge in [-0.2, -0.15) is 0 Å². The minimum absolute atomic E-state index is 0.313. The number of benzene rings is 1. The maximum absolute atomic E-state index is 5.98. The van der Waals surface area contributed by atoms with Crippen LogP contribution in [0.5, 0.6) is 5.75 Å². The lowest BCUT2D eigenvalue weighted by Crippen LogP contribution is -2.17. The van der Waals surface area contributed by atoms with Gasteiger partial charge in [0, 0.05) is 24.8 Å². The Bertz CT molecular complexity index is 344. The third-order valence-corrected chi connectivity index (χ3v) is 2.63. The number of ether oxygens (including phenoxy) is 2. The van der Waals surface area contributed by atoms with Crippen molar-refractivity contribution in [2.45, 2.75) is 26.3 Å². The molecular weight excluding hydrogens is 238 g/mol. The Hall–Kier alpha value is -0.930. The largest absolute Gasteiger partial charge is 0.492 e. The van der Waals surface area contributed by atoms with Crippen LogP contribution in [0.4, 0.5) is 5.69 Å². The summed E-state index contributed by atoms with van der Waals surface area (Å²) in [7, 11) is 1.71. The molecule has 0 aliphatic carbocycles. The summed E-state index contributed by atoms with van der Waals surface area (Å²) in [6.45, 7) is 5.45. The van der Waals surface area contributed by atoms with Crippen LogP contribution in [0.1, 0.15) is 20.3 Å². The quantitative estimate of drug-likeness (QED) is 0.810. The number of methoxy groups -OCH3 is 1. The molecule has 0 heterocycles. The zero-order valence-corrected chi connectivity index (χ0v) is 11.4. The number of hydrogen-bond donors (Lipinski definition) is 1. The van der Waals surface area contributed by atoms with E-state index in [1.54, 1.807) is 7.11 Å². The number of anilines is 1. The Morgan fingerprint density at radius 3 is 2.82 bits per heavy atom. The fourth-order valence-corrected chi connectivity index (χ4v) is 1.70. The normalized spacial score (nSPS) is 12.2. The summed E-state index contributed by atoms with van der Waals surface area (Å²) >= 11 is 5.98. The predicted octanol–water partition coefficient (Wildman–Crippen LogP) is 3.58. The summed E-state index contributed by atoms with van der Waals surface area (Å²) in [6, 6.07) is 5.91. The first-order valence-corrected chi connectivity index (χ1v) is 6.23. The SMILES string of the molecule is CCOc1ccc(Cl)cc1NC(C)CCOC. The van der Waals surface area contributed by atoms with Crippen LogP contribution < -0.4 is 10.1 Å². The molecular formula is C13H20ClNO2. The molecule has 1 rings (SSSR count). The monoisotopic (exact) mass is 257 g/mol. The van der Waals surface area contributed by atoms with Crippen molar-refractivity contribution in [1.29, 1.82) is 0 Å². The fourth-order valence-electron chi connectivity index (χ4n) is 1.53. The molecule has 1 aromatic rings. The second-order valence-corrected chi connectivity index (χ2v) is 4.34. The molecule has 96 valence electrons. The summed E-state index contributed by atoms with van der Waals surface area (Å²) < 4.78 is 10.6. The van der Waals surface area contributed by atoms with Gasteiger partial charge in [0.1, 0.15) is 5.75 Å². The highest BCUT2D eigenvalue weighted by Gasteiger charge is 2.08. The van der Waals surface area contributed by atoms with E-state index in [0.29, 0.717) is 17.7 Å². The van der Waals surface area contributed by atoms with Crippen LogP contribution in [-0.4, -0.2) is 26.4 Å². The van der Waals surface area contributed by atoms with Gasteiger partial charge in [-0.1, -0.05) is 11.6 Å². The molecule has 3 nitrogen and oxygen atoms in total. The maximum Gasteiger partial charge on any atom is 0.142 e. The lowest BCUT2D eigenvalue weighted by Gasteiger charge is -2.18. The molecule has 0 saturated heterocycles. The van der Waals surface area contributed by atoms with Crippen molar-refractivity contribution in [1.82, 2.24) is 0 Å². The second-order valence-electron chi connectivity index (χ2n) is 3.90. The highest BCUT2D eigenvalue weighted by molar-refractivity contribution is 6.30. The lowest BCUT2D eigenvalue weighted by atomic mass is 10.2. The Labute approximate surface area is 108 Å². The van der Waals surface area contributed by atoms with E-state index in [9.17, 15) is 0 Å². The highest BCUT2D eigenvalue weighted by Crippen LogP contribution is 2.28. The van der Waals surface area contributed by atoms with Gasteiger partial charge in [0.2, 0.25) is 0 Å². The van der Waals surface area contributed by atoms with Crippen LogP contribution in [0, 0.1) is 0 Å². The smallest absolute Gasteiger partial charge is 0.142 e. The summed E-state index contributed by atoms with van der Waals surface area (Å²) in [5.41, 5.74) is 0.933. The summed E-state index contributed by atoms with van der Waals surface area (Å²) in [5, 5.41) is 4.09. The van der Waals surface area contributed by atoms with E-state index < -0.39 is 0 Å². The Balaban J connectivity index is 2.69. The topological polar surface area (TPSA) is 30.5 Å². The molecule has 0 spiro atoms. The minimum atomic E-state index is 0.313. The van der Waals surface area contributed by atoms with Gasteiger partial charge in [-0.15, -0.1) is 0 Å². The zero-order valence-electron chi connectivity index (χ0n) is 10.6. The fraction of sp³-hybridized carbons (Fsp3) is 0.538. The van der Waals surface area contributed by atoms with Crippen molar-refractivity contribution in [3.05, 3.63) is 23.2 Å². The Kier molecular flexibility index (Phi) is 6.16.